The first-order valence-corrected chi connectivity index (χ1v) is 12.4. The number of anilines is 2. The van der Waals surface area contributed by atoms with Gasteiger partial charge in [-0.05, 0) is 62.6 Å². The smallest absolute Gasteiger partial charge is 0.323 e. The highest BCUT2D eigenvalue weighted by Crippen LogP contribution is 2.26. The number of urea groups is 1. The number of likely N-dealkylation sites (tertiary alicyclic amines) is 1. The molecule has 4 rings (SSSR count). The zero-order valence-corrected chi connectivity index (χ0v) is 22.1. The number of nitrogens with zero attached hydrogens (tertiary/aromatic N) is 4. The lowest BCUT2D eigenvalue weighted by molar-refractivity contribution is -0.119. The molecule has 39 heavy (non-hydrogen) atoms. The number of likely N-dealkylation sites (N-methyl/N-ethyl adjacent to an activating group) is 1. The van der Waals surface area contributed by atoms with Crippen LogP contribution in [0, 0.1) is 11.6 Å². The number of ether oxygens (including phenoxy) is 1. The van der Waals surface area contributed by atoms with E-state index in [9.17, 15) is 18.4 Å². The van der Waals surface area contributed by atoms with Crippen molar-refractivity contribution in [1.82, 2.24) is 25.1 Å². The van der Waals surface area contributed by atoms with Gasteiger partial charge in [-0.15, -0.1) is 0 Å². The third-order valence-corrected chi connectivity index (χ3v) is 6.20. The molecule has 1 saturated heterocycles. The second-order valence-electron chi connectivity index (χ2n) is 9.08. The summed E-state index contributed by atoms with van der Waals surface area (Å²) >= 11 is 5.12. The minimum Gasteiger partial charge on any atom is -0.436 e. The monoisotopic (exact) mass is 555 g/mol. The molecule has 0 aliphatic carbocycles. The lowest BCUT2D eigenvalue weighted by Gasteiger charge is -2.20. The summed E-state index contributed by atoms with van der Waals surface area (Å²) in [6.07, 6.45) is 2.09. The van der Waals surface area contributed by atoms with Crippen molar-refractivity contribution in [3.63, 3.8) is 0 Å². The second kappa shape index (κ2) is 12.5. The average Bonchev–Trinajstić information content (AvgIpc) is 3.38. The molecule has 2 heterocycles. The van der Waals surface area contributed by atoms with Gasteiger partial charge in [0.15, 0.2) is 16.7 Å². The zero-order chi connectivity index (χ0) is 27.9. The maximum Gasteiger partial charge on any atom is 0.323 e. The number of aromatic nitrogens is 2. The van der Waals surface area contributed by atoms with Crippen molar-refractivity contribution in [3.05, 3.63) is 72.1 Å². The molecule has 0 bridgehead atoms. The van der Waals surface area contributed by atoms with Crippen molar-refractivity contribution in [2.45, 2.75) is 18.9 Å². The minimum atomic E-state index is -0.712. The van der Waals surface area contributed by atoms with Gasteiger partial charge in [0, 0.05) is 37.0 Å². The Labute approximate surface area is 229 Å². The number of thiocarbonyl (C=S) groups is 1. The molecule has 0 saturated carbocycles. The van der Waals surface area contributed by atoms with Crippen molar-refractivity contribution < 1.29 is 23.1 Å². The molecule has 0 radical (unpaired) electrons. The fourth-order valence-electron chi connectivity index (χ4n) is 3.89. The van der Waals surface area contributed by atoms with Crippen molar-refractivity contribution in [2.24, 2.45) is 0 Å². The van der Waals surface area contributed by atoms with Gasteiger partial charge in [0.25, 0.3) is 0 Å². The quantitative estimate of drug-likeness (QED) is 0.378. The number of rotatable bonds is 7. The molecule has 1 aliphatic rings. The molecular weight excluding hydrogens is 528 g/mol. The number of hydrogen-bond donors (Lipinski definition) is 3. The molecule has 1 atom stereocenters. The van der Waals surface area contributed by atoms with Gasteiger partial charge in [-0.2, -0.15) is 0 Å². The first-order chi connectivity index (χ1) is 18.7. The largest absolute Gasteiger partial charge is 0.436 e. The Balaban J connectivity index is 1.30. The van der Waals surface area contributed by atoms with Gasteiger partial charge in [-0.25, -0.2) is 23.5 Å². The van der Waals surface area contributed by atoms with Crippen LogP contribution in [-0.2, 0) is 11.2 Å². The van der Waals surface area contributed by atoms with Crippen LogP contribution in [-0.4, -0.2) is 70.0 Å². The molecule has 2 aromatic carbocycles. The summed E-state index contributed by atoms with van der Waals surface area (Å²) in [5, 5.41) is 7.91. The van der Waals surface area contributed by atoms with Crippen LogP contribution in [0.25, 0.3) is 0 Å². The Morgan fingerprint density at radius 2 is 1.87 bits per heavy atom. The van der Waals surface area contributed by atoms with E-state index in [0.29, 0.717) is 24.7 Å². The molecular formula is C26H27F2N7O3S. The SMILES string of the molecule is CN(C)[C@H]1CCN(C(=O)Nc2cc(Oc3ccc(NC(=S)NC(=O)Cc4ccc(F)cc4)cc3F)ncn2)C1. The number of hydrogen-bond acceptors (Lipinski definition) is 7. The summed E-state index contributed by atoms with van der Waals surface area (Å²) in [4.78, 5) is 36.6. The molecule has 0 unspecified atom stereocenters. The molecule has 204 valence electrons. The fourth-order valence-corrected chi connectivity index (χ4v) is 4.13. The predicted molar refractivity (Wildman–Crippen MR) is 146 cm³/mol. The number of carbonyl (C=O) groups excluding carboxylic acids is 2. The number of carbonyl (C=O) groups is 2. The highest BCUT2D eigenvalue weighted by Gasteiger charge is 2.27. The zero-order valence-electron chi connectivity index (χ0n) is 21.3. The van der Waals surface area contributed by atoms with E-state index < -0.39 is 17.5 Å². The van der Waals surface area contributed by atoms with Crippen molar-refractivity contribution >= 4 is 40.8 Å². The van der Waals surface area contributed by atoms with Gasteiger partial charge in [-0.3, -0.25) is 10.1 Å². The van der Waals surface area contributed by atoms with Crippen LogP contribution >= 0.6 is 12.2 Å². The van der Waals surface area contributed by atoms with Crippen LogP contribution in [0.1, 0.15) is 12.0 Å². The second-order valence-corrected chi connectivity index (χ2v) is 9.48. The topological polar surface area (TPSA) is 112 Å². The van der Waals surface area contributed by atoms with Gasteiger partial charge in [0.05, 0.1) is 6.42 Å². The van der Waals surface area contributed by atoms with Crippen LogP contribution in [0.2, 0.25) is 0 Å². The molecule has 3 N–H and O–H groups in total. The number of halogens is 2. The van der Waals surface area contributed by atoms with E-state index in [1.54, 1.807) is 4.90 Å². The summed E-state index contributed by atoms with van der Waals surface area (Å²) in [6.45, 7) is 1.25. The van der Waals surface area contributed by atoms with Gasteiger partial charge in [0.1, 0.15) is 18.0 Å². The maximum atomic E-state index is 14.7. The third kappa shape index (κ3) is 7.88. The molecule has 10 nitrogen and oxygen atoms in total. The maximum absolute atomic E-state index is 14.7. The Kier molecular flexibility index (Phi) is 8.94. The highest BCUT2D eigenvalue weighted by atomic mass is 32.1. The summed E-state index contributed by atoms with van der Waals surface area (Å²) < 4.78 is 33.3. The molecule has 3 amide bonds. The summed E-state index contributed by atoms with van der Waals surface area (Å²) in [7, 11) is 3.96. The first kappa shape index (κ1) is 27.8. The van der Waals surface area contributed by atoms with Crippen molar-refractivity contribution in [1.29, 1.82) is 0 Å². The predicted octanol–water partition coefficient (Wildman–Crippen LogP) is 3.77. The minimum absolute atomic E-state index is 0.000746. The summed E-state index contributed by atoms with van der Waals surface area (Å²) in [6, 6.07) is 11.0. The van der Waals surface area contributed by atoms with E-state index in [1.807, 2.05) is 14.1 Å². The molecule has 0 spiro atoms. The van der Waals surface area contributed by atoms with E-state index in [-0.39, 0.29) is 40.7 Å². The van der Waals surface area contributed by atoms with E-state index in [0.717, 1.165) is 12.5 Å². The van der Waals surface area contributed by atoms with Crippen LogP contribution < -0.4 is 20.7 Å². The van der Waals surface area contributed by atoms with Gasteiger partial charge >= 0.3 is 6.03 Å². The van der Waals surface area contributed by atoms with E-state index in [4.69, 9.17) is 17.0 Å². The molecule has 1 aromatic heterocycles. The molecule has 1 fully saturated rings. The number of amides is 3. The van der Waals surface area contributed by atoms with Gasteiger partial charge in [-0.1, -0.05) is 12.1 Å². The van der Waals surface area contributed by atoms with Crippen molar-refractivity contribution in [2.75, 3.05) is 37.8 Å². The van der Waals surface area contributed by atoms with Crippen LogP contribution in [0.4, 0.5) is 25.1 Å². The lowest BCUT2D eigenvalue weighted by atomic mass is 10.1. The van der Waals surface area contributed by atoms with E-state index in [2.05, 4.69) is 30.8 Å². The van der Waals surface area contributed by atoms with Crippen LogP contribution in [0.3, 0.4) is 0 Å². The Bertz CT molecular complexity index is 1360. The van der Waals surface area contributed by atoms with Crippen LogP contribution in [0.5, 0.6) is 11.6 Å². The Morgan fingerprint density at radius 1 is 1.10 bits per heavy atom. The lowest BCUT2D eigenvalue weighted by Crippen LogP contribution is -2.37. The molecule has 1 aliphatic heterocycles. The van der Waals surface area contributed by atoms with E-state index in [1.165, 1.54) is 48.8 Å². The molecule has 3 aromatic rings. The summed E-state index contributed by atoms with van der Waals surface area (Å²) in [5.41, 5.74) is 0.898. The van der Waals surface area contributed by atoms with Crippen LogP contribution in [0.15, 0.2) is 54.9 Å². The van der Waals surface area contributed by atoms with Gasteiger partial charge < -0.3 is 25.2 Å². The first-order valence-electron chi connectivity index (χ1n) is 12.0. The number of benzene rings is 2. The van der Waals surface area contributed by atoms with Crippen molar-refractivity contribution in [3.8, 4) is 11.6 Å². The van der Waals surface area contributed by atoms with E-state index >= 15 is 0 Å². The highest BCUT2D eigenvalue weighted by molar-refractivity contribution is 7.80. The Hall–Kier alpha value is -4.23. The number of nitrogens with one attached hydrogen (secondary N) is 3. The van der Waals surface area contributed by atoms with Gasteiger partial charge in [0.2, 0.25) is 11.8 Å². The third-order valence-electron chi connectivity index (χ3n) is 5.99. The summed E-state index contributed by atoms with van der Waals surface area (Å²) in [5.74, 6) is -1.37. The normalized spacial score (nSPS) is 14.7. The average molecular weight is 556 g/mol. The Morgan fingerprint density at radius 3 is 2.56 bits per heavy atom. The standard InChI is InChI=1S/C26H27F2N7O3S/c1-34(2)19-9-10-35(14-19)26(37)32-22-13-24(30-15-29-22)38-21-8-7-18(12-20(21)28)31-25(39)33-23(36)11-16-3-5-17(27)6-4-16/h3-8,12-13,15,19H,9-11,14H2,1-2H3,(H,29,30,32,37)(H2,31,33,36,39)/t19-/m0/s1. The molecule has 13 heteroatoms. The fraction of sp³-hybridized carbons (Fsp3) is 0.269.